The number of aryl methyl sites for hydroxylation is 1. The molecule has 1 saturated heterocycles. The van der Waals surface area contributed by atoms with Crippen molar-refractivity contribution in [1.82, 2.24) is 5.32 Å². The summed E-state index contributed by atoms with van der Waals surface area (Å²) >= 11 is 0. The minimum Gasteiger partial charge on any atom is -0.316 e. The summed E-state index contributed by atoms with van der Waals surface area (Å²) in [6.07, 6.45) is 6.78. The van der Waals surface area contributed by atoms with Gasteiger partial charge in [-0.05, 0) is 49.8 Å². The van der Waals surface area contributed by atoms with Crippen LogP contribution < -0.4 is 5.32 Å². The average Bonchev–Trinajstić information content (AvgIpc) is 2.31. The molecule has 1 heterocycles. The van der Waals surface area contributed by atoms with Gasteiger partial charge in [-0.3, -0.25) is 0 Å². The number of nitrogens with one attached hydrogen (secondary N) is 1. The zero-order valence-electron chi connectivity index (χ0n) is 9.67. The Morgan fingerprint density at radius 3 is 2.69 bits per heavy atom. The molecule has 0 amide bonds. The highest BCUT2D eigenvalue weighted by molar-refractivity contribution is 5.85. The van der Waals surface area contributed by atoms with E-state index in [4.69, 9.17) is 0 Å². The molecule has 0 aromatic heterocycles. The molecule has 1 aromatic carbocycles. The highest BCUT2D eigenvalue weighted by Gasteiger charge is 2.36. The molecule has 1 atom stereocenters. The minimum absolute atomic E-state index is 0. The van der Waals surface area contributed by atoms with Gasteiger partial charge in [0.15, 0.2) is 0 Å². The van der Waals surface area contributed by atoms with Gasteiger partial charge in [0.05, 0.1) is 0 Å². The third kappa shape index (κ3) is 1.87. The highest BCUT2D eigenvalue weighted by atomic mass is 35.5. The maximum Gasteiger partial charge on any atom is 0.00810 e. The molecule has 2 heteroatoms. The maximum absolute atomic E-state index is 3.59. The summed E-state index contributed by atoms with van der Waals surface area (Å²) in [7, 11) is 0. The summed E-state index contributed by atoms with van der Waals surface area (Å²) in [5.74, 6) is 0. The normalized spacial score (nSPS) is 28.2. The van der Waals surface area contributed by atoms with Gasteiger partial charge in [-0.15, -0.1) is 12.4 Å². The summed E-state index contributed by atoms with van der Waals surface area (Å²) in [5, 5.41) is 3.59. The van der Waals surface area contributed by atoms with Gasteiger partial charge in [0.1, 0.15) is 0 Å². The van der Waals surface area contributed by atoms with Crippen molar-refractivity contribution in [2.75, 3.05) is 13.1 Å². The summed E-state index contributed by atoms with van der Waals surface area (Å²) in [6.45, 7) is 2.41. The van der Waals surface area contributed by atoms with Crippen LogP contribution in [0.1, 0.15) is 36.8 Å². The Kier molecular flexibility index (Phi) is 3.56. The van der Waals surface area contributed by atoms with Crippen LogP contribution in [0, 0.1) is 0 Å². The molecule has 1 unspecified atom stereocenters. The molecule has 1 aliphatic heterocycles. The van der Waals surface area contributed by atoms with E-state index >= 15 is 0 Å². The minimum atomic E-state index is 0. The van der Waals surface area contributed by atoms with Crippen molar-refractivity contribution in [2.45, 2.75) is 37.5 Å². The predicted octanol–water partition coefficient (Wildman–Crippen LogP) is 3.07. The number of hydrogen-bond donors (Lipinski definition) is 1. The van der Waals surface area contributed by atoms with E-state index in [2.05, 4.69) is 29.6 Å². The zero-order chi connectivity index (χ0) is 10.1. The van der Waals surface area contributed by atoms with Gasteiger partial charge < -0.3 is 5.32 Å². The molecule has 2 aliphatic rings. The smallest absolute Gasteiger partial charge is 0.00810 e. The van der Waals surface area contributed by atoms with Crippen LogP contribution in [0.4, 0.5) is 0 Å². The van der Waals surface area contributed by atoms with Crippen molar-refractivity contribution in [3.05, 3.63) is 35.4 Å². The Morgan fingerprint density at radius 1 is 1.06 bits per heavy atom. The molecule has 1 fully saturated rings. The second-order valence-electron chi connectivity index (χ2n) is 5.07. The van der Waals surface area contributed by atoms with Crippen molar-refractivity contribution in [3.8, 4) is 0 Å². The quantitative estimate of drug-likeness (QED) is 0.732. The third-order valence-corrected chi connectivity index (χ3v) is 4.16. The lowest BCUT2D eigenvalue weighted by atomic mass is 9.66. The van der Waals surface area contributed by atoms with E-state index in [1.54, 1.807) is 11.1 Å². The number of fused-ring (bicyclic) bond motifs is 2. The molecule has 88 valence electrons. The first-order valence-electron chi connectivity index (χ1n) is 6.20. The Morgan fingerprint density at radius 2 is 1.88 bits per heavy atom. The Labute approximate surface area is 104 Å². The second kappa shape index (κ2) is 4.77. The molecule has 1 aliphatic carbocycles. The standard InChI is InChI=1S/C14H19N.ClH/c1-2-7-13-12(5-1)6-3-8-14(13)9-4-10-15-11-14;/h1-2,5,7,15H,3-4,6,8-11H2;1H. The molecule has 16 heavy (non-hydrogen) atoms. The first-order chi connectivity index (χ1) is 7.41. The fourth-order valence-corrected chi connectivity index (χ4v) is 3.42. The van der Waals surface area contributed by atoms with Crippen molar-refractivity contribution < 1.29 is 0 Å². The maximum atomic E-state index is 3.59. The zero-order valence-corrected chi connectivity index (χ0v) is 10.5. The monoisotopic (exact) mass is 237 g/mol. The van der Waals surface area contributed by atoms with E-state index in [0.717, 1.165) is 0 Å². The van der Waals surface area contributed by atoms with Gasteiger partial charge in [0, 0.05) is 12.0 Å². The van der Waals surface area contributed by atoms with E-state index in [0.29, 0.717) is 5.41 Å². The van der Waals surface area contributed by atoms with E-state index in [1.165, 1.54) is 45.2 Å². The van der Waals surface area contributed by atoms with Crippen LogP contribution in [0.15, 0.2) is 24.3 Å². The lowest BCUT2D eigenvalue weighted by molar-refractivity contribution is 0.273. The Bertz CT molecular complexity index is 356. The molecule has 0 saturated carbocycles. The first-order valence-corrected chi connectivity index (χ1v) is 6.20. The summed E-state index contributed by atoms with van der Waals surface area (Å²) in [4.78, 5) is 0. The molecule has 1 N–H and O–H groups in total. The fraction of sp³-hybridized carbons (Fsp3) is 0.571. The lowest BCUT2D eigenvalue weighted by Gasteiger charge is -2.42. The Balaban J connectivity index is 0.000000963. The number of rotatable bonds is 0. The number of piperidine rings is 1. The number of benzene rings is 1. The molecule has 0 bridgehead atoms. The first kappa shape index (κ1) is 11.9. The van der Waals surface area contributed by atoms with Gasteiger partial charge in [0.25, 0.3) is 0 Å². The number of hydrogen-bond acceptors (Lipinski definition) is 1. The average molecular weight is 238 g/mol. The van der Waals surface area contributed by atoms with Crippen LogP contribution in [0.3, 0.4) is 0 Å². The molecule has 3 rings (SSSR count). The third-order valence-electron chi connectivity index (χ3n) is 4.16. The molecule has 1 spiro atoms. The van der Waals surface area contributed by atoms with E-state index in [1.807, 2.05) is 0 Å². The topological polar surface area (TPSA) is 12.0 Å². The predicted molar refractivity (Wildman–Crippen MR) is 70.4 cm³/mol. The molecule has 0 radical (unpaired) electrons. The number of halogens is 1. The molecular formula is C14H20ClN. The van der Waals surface area contributed by atoms with Gasteiger partial charge in [-0.25, -0.2) is 0 Å². The van der Waals surface area contributed by atoms with Crippen molar-refractivity contribution in [3.63, 3.8) is 0 Å². The van der Waals surface area contributed by atoms with E-state index in [9.17, 15) is 0 Å². The van der Waals surface area contributed by atoms with E-state index in [-0.39, 0.29) is 12.4 Å². The van der Waals surface area contributed by atoms with Crippen LogP contribution in [-0.4, -0.2) is 13.1 Å². The van der Waals surface area contributed by atoms with Gasteiger partial charge in [-0.1, -0.05) is 24.3 Å². The van der Waals surface area contributed by atoms with Crippen LogP contribution in [0.25, 0.3) is 0 Å². The fourth-order valence-electron chi connectivity index (χ4n) is 3.42. The SMILES string of the molecule is Cl.c1ccc2c(c1)CCCC21CCCNC1. The van der Waals surface area contributed by atoms with Crippen LogP contribution in [-0.2, 0) is 11.8 Å². The molecule has 1 nitrogen and oxygen atoms in total. The van der Waals surface area contributed by atoms with E-state index < -0.39 is 0 Å². The van der Waals surface area contributed by atoms with Gasteiger partial charge >= 0.3 is 0 Å². The van der Waals surface area contributed by atoms with Crippen LogP contribution in [0.2, 0.25) is 0 Å². The summed E-state index contributed by atoms with van der Waals surface area (Å²) in [5.41, 5.74) is 3.73. The van der Waals surface area contributed by atoms with Crippen molar-refractivity contribution >= 4 is 12.4 Å². The summed E-state index contributed by atoms with van der Waals surface area (Å²) in [6, 6.07) is 9.08. The summed E-state index contributed by atoms with van der Waals surface area (Å²) < 4.78 is 0. The largest absolute Gasteiger partial charge is 0.316 e. The van der Waals surface area contributed by atoms with Gasteiger partial charge in [0.2, 0.25) is 0 Å². The lowest BCUT2D eigenvalue weighted by Crippen LogP contribution is -2.45. The second-order valence-corrected chi connectivity index (χ2v) is 5.07. The van der Waals surface area contributed by atoms with Crippen LogP contribution in [0.5, 0.6) is 0 Å². The van der Waals surface area contributed by atoms with Crippen molar-refractivity contribution in [1.29, 1.82) is 0 Å². The van der Waals surface area contributed by atoms with Crippen molar-refractivity contribution in [2.24, 2.45) is 0 Å². The van der Waals surface area contributed by atoms with Crippen LogP contribution >= 0.6 is 12.4 Å². The highest BCUT2D eigenvalue weighted by Crippen LogP contribution is 2.41. The van der Waals surface area contributed by atoms with Gasteiger partial charge in [-0.2, -0.15) is 0 Å². The molecular weight excluding hydrogens is 218 g/mol. The Hall–Kier alpha value is -0.530. The molecule has 1 aromatic rings.